The average molecular weight is 686 g/mol. The molecule has 268 valence electrons. The third-order valence-electron chi connectivity index (χ3n) is 10.5. The molecule has 7 rings (SSSR count). The summed E-state index contributed by atoms with van der Waals surface area (Å²) >= 11 is 0. The van der Waals surface area contributed by atoms with Crippen LogP contribution >= 0.6 is 0 Å². The van der Waals surface area contributed by atoms with Crippen LogP contribution in [0.5, 0.6) is 5.75 Å². The summed E-state index contributed by atoms with van der Waals surface area (Å²) in [5.74, 6) is -2.59. The third kappa shape index (κ3) is 7.41. The number of hydrogen-bond acceptors (Lipinski definition) is 7. The number of aliphatic hydroxyl groups excluding tert-OH is 1. The van der Waals surface area contributed by atoms with Crippen LogP contribution < -0.4 is 11.1 Å². The Labute approximate surface area is 287 Å². The molecule has 0 bridgehead atoms. The van der Waals surface area contributed by atoms with E-state index in [1.54, 1.807) is 7.05 Å². The molecule has 3 atom stereocenters. The standard InChI is InChI=1S/C30H33F3N2O5.C4H8.C2H7N.C2H2/c1-14-22(28(34)39)21(37)11-18-8-16-9-19-24(26(38)23(16)27-29(14,18)40-27)20(36)10-17(25(19)30(31,32)33)13-35(2)12-15-6-4-3-5-7-15;1-2-4-3-1;1-3-2;1-2/h10,15-16,18,36-37H,1,3-9,11-13H2,2H3,(H2,34,39);1-4H2;3H,1-2H3;1-2H/t16?,18-,29-;;;/m0.../s1. The number of ether oxygens (including phenoxy) is 1. The lowest BCUT2D eigenvalue weighted by Gasteiger charge is -2.38. The van der Waals surface area contributed by atoms with Crippen molar-refractivity contribution in [1.82, 2.24) is 10.2 Å². The fraction of sp³-hybridized carbons (Fsp3) is 0.579. The van der Waals surface area contributed by atoms with E-state index in [2.05, 4.69) is 24.7 Å². The highest BCUT2D eigenvalue weighted by Gasteiger charge is 2.69. The van der Waals surface area contributed by atoms with Crippen LogP contribution in [0.15, 0.2) is 40.9 Å². The van der Waals surface area contributed by atoms with E-state index in [9.17, 15) is 33.0 Å². The van der Waals surface area contributed by atoms with Crippen LogP contribution in [0.2, 0.25) is 0 Å². The predicted octanol–water partition coefficient (Wildman–Crippen LogP) is 6.72. The number of primary amides is 1. The van der Waals surface area contributed by atoms with Gasteiger partial charge in [-0.2, -0.15) is 13.2 Å². The number of allylic oxidation sites excluding steroid dienone is 2. The van der Waals surface area contributed by atoms with Gasteiger partial charge in [-0.1, -0.05) is 51.5 Å². The lowest BCUT2D eigenvalue weighted by atomic mass is 9.62. The van der Waals surface area contributed by atoms with Gasteiger partial charge in [0.05, 0.1) is 16.7 Å². The van der Waals surface area contributed by atoms with E-state index < -0.39 is 46.6 Å². The highest BCUT2D eigenvalue weighted by molar-refractivity contribution is 6.14. The Morgan fingerprint density at radius 1 is 1.10 bits per heavy atom. The van der Waals surface area contributed by atoms with Crippen molar-refractivity contribution < 1.29 is 37.7 Å². The molecule has 49 heavy (non-hydrogen) atoms. The van der Waals surface area contributed by atoms with E-state index in [-0.39, 0.29) is 70.7 Å². The minimum absolute atomic E-state index is 0.00220. The van der Waals surface area contributed by atoms with Gasteiger partial charge in [-0.05, 0) is 75.9 Å². The normalized spacial score (nSPS) is 25.3. The minimum Gasteiger partial charge on any atom is -0.511 e. The lowest BCUT2D eigenvalue weighted by molar-refractivity contribution is -0.139. The number of Topliss-reactive ketones (excluding diaryl/α,β-unsaturated/α-hetero) is 1. The van der Waals surface area contributed by atoms with Gasteiger partial charge in [0.1, 0.15) is 11.5 Å². The van der Waals surface area contributed by atoms with Crippen LogP contribution in [-0.2, 0) is 28.7 Å². The second-order valence-corrected chi connectivity index (χ2v) is 14.0. The molecule has 5 N–H and O–H groups in total. The van der Waals surface area contributed by atoms with E-state index in [4.69, 9.17) is 10.5 Å². The Morgan fingerprint density at radius 2 is 1.67 bits per heavy atom. The van der Waals surface area contributed by atoms with Gasteiger partial charge >= 0.3 is 6.18 Å². The number of ketones is 1. The molecule has 6 aliphatic rings. The number of amides is 1. The van der Waals surface area contributed by atoms with Crippen molar-refractivity contribution in [3.63, 3.8) is 0 Å². The van der Waals surface area contributed by atoms with Crippen molar-refractivity contribution in [3.8, 4) is 18.6 Å². The van der Waals surface area contributed by atoms with E-state index in [1.807, 2.05) is 19.0 Å². The highest BCUT2D eigenvalue weighted by atomic mass is 19.4. The first-order valence-corrected chi connectivity index (χ1v) is 17.2. The van der Waals surface area contributed by atoms with Crippen LogP contribution in [-0.4, -0.2) is 60.1 Å². The van der Waals surface area contributed by atoms with Crippen LogP contribution in [0, 0.1) is 30.6 Å². The van der Waals surface area contributed by atoms with Gasteiger partial charge < -0.3 is 30.9 Å². The average Bonchev–Trinajstić information content (AvgIpc) is 3.73. The van der Waals surface area contributed by atoms with Crippen molar-refractivity contribution >= 4 is 11.7 Å². The quantitative estimate of drug-likeness (QED) is 0.200. The number of terminal acetylenes is 1. The maximum atomic E-state index is 14.7. The molecule has 1 heterocycles. The molecule has 5 aliphatic carbocycles. The Balaban J connectivity index is 0.000000536. The number of halogens is 3. The number of fused-ring (bicyclic) bond motifs is 2. The number of epoxide rings is 1. The van der Waals surface area contributed by atoms with Crippen molar-refractivity contribution in [2.24, 2.45) is 23.5 Å². The number of nitrogens with one attached hydrogen (secondary N) is 1. The van der Waals surface area contributed by atoms with Gasteiger partial charge in [0.25, 0.3) is 5.91 Å². The monoisotopic (exact) mass is 685 g/mol. The number of carbonyl (C=O) groups is 2. The second kappa shape index (κ2) is 15.4. The zero-order valence-corrected chi connectivity index (χ0v) is 28.8. The zero-order chi connectivity index (χ0) is 36.3. The molecule has 3 fully saturated rings. The van der Waals surface area contributed by atoms with E-state index in [1.165, 1.54) is 32.1 Å². The summed E-state index contributed by atoms with van der Waals surface area (Å²) in [5.41, 5.74) is 3.06. The number of nitrogens with zero attached hydrogens (tertiary/aromatic N) is 1. The fourth-order valence-corrected chi connectivity index (χ4v) is 8.12. The Bertz CT molecular complexity index is 1530. The highest BCUT2D eigenvalue weighted by Crippen LogP contribution is 2.66. The fourth-order valence-electron chi connectivity index (χ4n) is 8.12. The summed E-state index contributed by atoms with van der Waals surface area (Å²) in [6, 6.07) is 1.09. The molecular formula is C38H50F3N3O5. The maximum Gasteiger partial charge on any atom is 0.417 e. The van der Waals surface area contributed by atoms with Crippen LogP contribution in [0.3, 0.4) is 0 Å². The molecule has 11 heteroatoms. The smallest absolute Gasteiger partial charge is 0.417 e. The van der Waals surface area contributed by atoms with Gasteiger partial charge in [-0.15, -0.1) is 12.8 Å². The van der Waals surface area contributed by atoms with Crippen LogP contribution in [0.4, 0.5) is 13.2 Å². The van der Waals surface area contributed by atoms with Crippen molar-refractivity contribution in [2.75, 3.05) is 27.7 Å². The molecule has 1 amide bonds. The number of carbonyl (C=O) groups excluding carboxylic acids is 2. The SMILES string of the molecule is C#C.C1CCC1.C=C1C(C(N)=O)=C(O)C[C@@H]2CC3Cc4c(c(O)cc(CN(C)CC5CCCCC5)c4C(F)(F)F)C(=O)C3=C3O[C@]132.CNC. The molecule has 1 aromatic rings. The molecule has 8 nitrogen and oxygen atoms in total. The summed E-state index contributed by atoms with van der Waals surface area (Å²) in [6.45, 7) is 4.60. The zero-order valence-electron chi connectivity index (χ0n) is 28.8. The van der Waals surface area contributed by atoms with Gasteiger partial charge in [0, 0.05) is 36.6 Å². The van der Waals surface area contributed by atoms with E-state index >= 15 is 0 Å². The Morgan fingerprint density at radius 3 is 2.20 bits per heavy atom. The molecule has 1 unspecified atom stereocenters. The van der Waals surface area contributed by atoms with Gasteiger partial charge in [0.2, 0.25) is 0 Å². The van der Waals surface area contributed by atoms with Crippen LogP contribution in [0.25, 0.3) is 0 Å². The number of aliphatic hydroxyl groups is 1. The number of alkyl halides is 3. The number of rotatable bonds is 5. The number of aromatic hydroxyl groups is 1. The lowest BCUT2D eigenvalue weighted by Crippen LogP contribution is -2.41. The Hall–Kier alpha value is -3.75. The van der Waals surface area contributed by atoms with Gasteiger partial charge in [0.15, 0.2) is 17.1 Å². The number of hydrogen-bond donors (Lipinski definition) is 4. The van der Waals surface area contributed by atoms with Crippen LogP contribution in [0.1, 0.15) is 97.7 Å². The molecule has 0 aromatic heterocycles. The first-order chi connectivity index (χ1) is 23.3. The van der Waals surface area contributed by atoms with Gasteiger partial charge in [-0.3, -0.25) is 9.59 Å². The van der Waals surface area contributed by atoms with E-state index in [0.29, 0.717) is 12.5 Å². The summed E-state index contributed by atoms with van der Waals surface area (Å²) in [7, 11) is 5.54. The van der Waals surface area contributed by atoms with E-state index in [0.717, 1.165) is 31.7 Å². The molecular weight excluding hydrogens is 635 g/mol. The molecule has 1 spiro atoms. The molecule has 2 saturated carbocycles. The number of benzene rings is 1. The number of phenols is 1. The summed E-state index contributed by atoms with van der Waals surface area (Å²) in [6.07, 6.45) is 15.0. The number of nitrogens with two attached hydrogens (primary N) is 1. The van der Waals surface area contributed by atoms with Crippen molar-refractivity contribution in [3.05, 3.63) is 63.1 Å². The van der Waals surface area contributed by atoms with Gasteiger partial charge in [-0.25, -0.2) is 0 Å². The third-order valence-corrected chi connectivity index (χ3v) is 10.5. The molecule has 1 aromatic carbocycles. The molecule has 0 radical (unpaired) electrons. The molecule has 1 aliphatic heterocycles. The minimum atomic E-state index is -4.73. The number of phenolic OH excluding ortho intramolecular Hbond substituents is 1. The topological polar surface area (TPSA) is 128 Å². The first kappa shape index (κ1) is 38.1. The largest absolute Gasteiger partial charge is 0.511 e. The summed E-state index contributed by atoms with van der Waals surface area (Å²) in [5, 5.41) is 24.2. The Kier molecular flexibility index (Phi) is 12.0. The first-order valence-electron chi connectivity index (χ1n) is 17.2. The van der Waals surface area contributed by atoms with Crippen molar-refractivity contribution in [2.45, 2.75) is 95.4 Å². The summed E-state index contributed by atoms with van der Waals surface area (Å²) in [4.78, 5) is 27.6. The van der Waals surface area contributed by atoms with Crippen molar-refractivity contribution in [1.29, 1.82) is 0 Å². The summed E-state index contributed by atoms with van der Waals surface area (Å²) < 4.78 is 49.9. The second-order valence-electron chi connectivity index (χ2n) is 14.0. The molecule has 1 saturated heterocycles. The predicted molar refractivity (Wildman–Crippen MR) is 182 cm³/mol. The maximum absolute atomic E-state index is 14.7.